The van der Waals surface area contributed by atoms with Gasteiger partial charge >= 0.3 is 0 Å². The third-order valence-corrected chi connectivity index (χ3v) is 4.54. The second kappa shape index (κ2) is 7.95. The second-order valence-corrected chi connectivity index (χ2v) is 6.83. The summed E-state index contributed by atoms with van der Waals surface area (Å²) in [5, 5.41) is 3.48. The average Bonchev–Trinajstić information content (AvgIpc) is 2.42. The quantitative estimate of drug-likeness (QED) is 0.768. The van der Waals surface area contributed by atoms with E-state index in [9.17, 15) is 0 Å². The molecule has 0 saturated heterocycles. The summed E-state index contributed by atoms with van der Waals surface area (Å²) >= 11 is 0. The number of hydrogen-bond donors (Lipinski definition) is 1. The minimum atomic E-state index is 0.477. The van der Waals surface area contributed by atoms with Crippen molar-refractivity contribution >= 4 is 0 Å². The molecule has 1 saturated carbocycles. The highest BCUT2D eigenvalue weighted by atomic mass is 16.5. The van der Waals surface area contributed by atoms with Gasteiger partial charge in [-0.2, -0.15) is 0 Å². The summed E-state index contributed by atoms with van der Waals surface area (Å²) in [6, 6.07) is 9.67. The van der Waals surface area contributed by atoms with Gasteiger partial charge in [0, 0.05) is 12.6 Å². The zero-order chi connectivity index (χ0) is 15.2. The van der Waals surface area contributed by atoms with Gasteiger partial charge in [-0.15, -0.1) is 0 Å². The Morgan fingerprint density at radius 3 is 2.38 bits per heavy atom. The fraction of sp³-hybridized carbons (Fsp3) is 0.684. The summed E-state index contributed by atoms with van der Waals surface area (Å²) in [7, 11) is 2.07. The molecule has 1 aromatic rings. The molecule has 1 aliphatic rings. The number of hydrogen-bond acceptors (Lipinski definition) is 2. The van der Waals surface area contributed by atoms with Crippen molar-refractivity contribution in [1.29, 1.82) is 0 Å². The van der Waals surface area contributed by atoms with Gasteiger partial charge in [-0.25, -0.2) is 0 Å². The van der Waals surface area contributed by atoms with E-state index >= 15 is 0 Å². The Kier molecular flexibility index (Phi) is 6.25. The average molecular weight is 289 g/mol. The molecule has 0 heterocycles. The molecular formula is C19H31NO. The van der Waals surface area contributed by atoms with E-state index in [1.807, 2.05) is 0 Å². The van der Waals surface area contributed by atoms with Gasteiger partial charge in [-0.3, -0.25) is 0 Å². The summed E-state index contributed by atoms with van der Waals surface area (Å²) < 4.78 is 5.66. The second-order valence-electron chi connectivity index (χ2n) is 6.83. The molecule has 1 aliphatic carbocycles. The summed E-state index contributed by atoms with van der Waals surface area (Å²) in [6.07, 6.45) is 5.38. The number of nitrogens with one attached hydrogen (secondary N) is 1. The van der Waals surface area contributed by atoms with Crippen LogP contribution in [0.3, 0.4) is 0 Å². The summed E-state index contributed by atoms with van der Waals surface area (Å²) in [5.74, 6) is 1.54. The Bertz CT molecular complexity index is 406. The van der Waals surface area contributed by atoms with Crippen molar-refractivity contribution in [3.8, 4) is 0 Å². The SMILES string of the molecule is CCOC1CC(CC(NC)c2ccc(CC(C)C)cc2)C1. The van der Waals surface area contributed by atoms with E-state index in [1.165, 1.54) is 36.8 Å². The Morgan fingerprint density at radius 1 is 1.19 bits per heavy atom. The molecule has 1 unspecified atom stereocenters. The van der Waals surface area contributed by atoms with E-state index in [2.05, 4.69) is 57.4 Å². The maximum Gasteiger partial charge on any atom is 0.0580 e. The Labute approximate surface area is 130 Å². The predicted molar refractivity (Wildman–Crippen MR) is 89.5 cm³/mol. The maximum atomic E-state index is 5.66. The summed E-state index contributed by atoms with van der Waals surface area (Å²) in [5.41, 5.74) is 2.87. The van der Waals surface area contributed by atoms with Crippen molar-refractivity contribution in [1.82, 2.24) is 5.32 Å². The standard InChI is InChI=1S/C19H31NO/c1-5-21-18-11-16(12-18)13-19(20-4)17-8-6-15(7-9-17)10-14(2)3/h6-9,14,16,18-20H,5,10-13H2,1-4H3. The highest BCUT2D eigenvalue weighted by molar-refractivity contribution is 5.25. The van der Waals surface area contributed by atoms with Crippen LogP contribution in [0.1, 0.15) is 57.2 Å². The first-order chi connectivity index (χ1) is 10.1. The molecule has 0 aromatic heterocycles. The highest BCUT2D eigenvalue weighted by Crippen LogP contribution is 2.36. The van der Waals surface area contributed by atoms with Crippen molar-refractivity contribution in [2.45, 2.75) is 58.6 Å². The molecule has 21 heavy (non-hydrogen) atoms. The molecule has 2 rings (SSSR count). The fourth-order valence-electron chi connectivity index (χ4n) is 3.35. The van der Waals surface area contributed by atoms with Gasteiger partial charge in [0.2, 0.25) is 0 Å². The van der Waals surface area contributed by atoms with E-state index in [4.69, 9.17) is 4.74 Å². The fourth-order valence-corrected chi connectivity index (χ4v) is 3.35. The molecule has 1 atom stereocenters. The van der Waals surface area contributed by atoms with Crippen LogP contribution in [0.5, 0.6) is 0 Å². The van der Waals surface area contributed by atoms with Crippen LogP contribution < -0.4 is 5.32 Å². The van der Waals surface area contributed by atoms with Crippen molar-refractivity contribution in [2.75, 3.05) is 13.7 Å². The van der Waals surface area contributed by atoms with Gasteiger partial charge < -0.3 is 10.1 Å². The first kappa shape index (κ1) is 16.5. The van der Waals surface area contributed by atoms with E-state index in [0.717, 1.165) is 18.4 Å². The van der Waals surface area contributed by atoms with Crippen molar-refractivity contribution in [3.63, 3.8) is 0 Å². The third kappa shape index (κ3) is 4.82. The van der Waals surface area contributed by atoms with Gasteiger partial charge in [0.05, 0.1) is 6.10 Å². The number of rotatable bonds is 8. The van der Waals surface area contributed by atoms with Crippen LogP contribution in [0.15, 0.2) is 24.3 Å². The van der Waals surface area contributed by atoms with Crippen molar-refractivity contribution in [3.05, 3.63) is 35.4 Å². The lowest BCUT2D eigenvalue weighted by Gasteiger charge is -2.37. The Morgan fingerprint density at radius 2 is 1.86 bits per heavy atom. The lowest BCUT2D eigenvalue weighted by molar-refractivity contribution is -0.0289. The van der Waals surface area contributed by atoms with Crippen LogP contribution in [0.4, 0.5) is 0 Å². The van der Waals surface area contributed by atoms with Crippen LogP contribution >= 0.6 is 0 Å². The topological polar surface area (TPSA) is 21.3 Å². The van der Waals surface area contributed by atoms with Crippen LogP contribution in [0.2, 0.25) is 0 Å². The molecule has 0 aliphatic heterocycles. The molecule has 1 aromatic carbocycles. The summed E-state index contributed by atoms with van der Waals surface area (Å²) in [6.45, 7) is 7.48. The van der Waals surface area contributed by atoms with E-state index < -0.39 is 0 Å². The van der Waals surface area contributed by atoms with Gasteiger partial charge in [0.15, 0.2) is 0 Å². The van der Waals surface area contributed by atoms with Gasteiger partial charge in [0.1, 0.15) is 0 Å². The lowest BCUT2D eigenvalue weighted by atomic mass is 9.77. The number of benzene rings is 1. The minimum Gasteiger partial charge on any atom is -0.378 e. The van der Waals surface area contributed by atoms with E-state index in [-0.39, 0.29) is 0 Å². The molecule has 2 heteroatoms. The molecular weight excluding hydrogens is 258 g/mol. The molecule has 0 radical (unpaired) electrons. The molecule has 0 amide bonds. The number of ether oxygens (including phenoxy) is 1. The highest BCUT2D eigenvalue weighted by Gasteiger charge is 2.31. The van der Waals surface area contributed by atoms with Crippen LogP contribution in [-0.4, -0.2) is 19.8 Å². The molecule has 0 spiro atoms. The maximum absolute atomic E-state index is 5.66. The molecule has 1 fully saturated rings. The van der Waals surface area contributed by atoms with Crippen LogP contribution in [0, 0.1) is 11.8 Å². The first-order valence-corrected chi connectivity index (χ1v) is 8.50. The zero-order valence-electron chi connectivity index (χ0n) is 14.1. The van der Waals surface area contributed by atoms with E-state index in [1.54, 1.807) is 0 Å². The Hall–Kier alpha value is -0.860. The third-order valence-electron chi connectivity index (χ3n) is 4.54. The molecule has 2 nitrogen and oxygen atoms in total. The van der Waals surface area contributed by atoms with Crippen molar-refractivity contribution in [2.24, 2.45) is 11.8 Å². The van der Waals surface area contributed by atoms with Crippen molar-refractivity contribution < 1.29 is 4.74 Å². The van der Waals surface area contributed by atoms with Gasteiger partial charge in [-0.05, 0) is 62.6 Å². The molecule has 0 bridgehead atoms. The predicted octanol–water partition coefficient (Wildman–Crippen LogP) is 4.35. The smallest absolute Gasteiger partial charge is 0.0580 e. The zero-order valence-corrected chi connectivity index (χ0v) is 14.1. The van der Waals surface area contributed by atoms with Gasteiger partial charge in [-0.1, -0.05) is 38.1 Å². The van der Waals surface area contributed by atoms with Gasteiger partial charge in [0.25, 0.3) is 0 Å². The molecule has 118 valence electrons. The Balaban J connectivity index is 1.86. The van der Waals surface area contributed by atoms with E-state index in [0.29, 0.717) is 12.1 Å². The first-order valence-electron chi connectivity index (χ1n) is 8.50. The normalized spacial score (nSPS) is 23.1. The lowest BCUT2D eigenvalue weighted by Crippen LogP contribution is -2.34. The van der Waals surface area contributed by atoms with Crippen LogP contribution in [-0.2, 0) is 11.2 Å². The minimum absolute atomic E-state index is 0.477. The molecule has 1 N–H and O–H groups in total. The largest absolute Gasteiger partial charge is 0.378 e. The monoisotopic (exact) mass is 289 g/mol. The van der Waals surface area contributed by atoms with Crippen LogP contribution in [0.25, 0.3) is 0 Å². The summed E-state index contributed by atoms with van der Waals surface area (Å²) in [4.78, 5) is 0.